The van der Waals surface area contributed by atoms with Crippen molar-refractivity contribution in [2.45, 2.75) is 38.0 Å². The number of terminal acetylenes is 1. The lowest BCUT2D eigenvalue weighted by atomic mass is 9.75. The fraction of sp³-hybridized carbons (Fsp3) is 0.231. The number of hydrogen-bond acceptors (Lipinski definition) is 1. The number of aryl methyl sites for hydroxylation is 1. The van der Waals surface area contributed by atoms with Gasteiger partial charge in [-0.1, -0.05) is 49.2 Å². The smallest absolute Gasteiger partial charge is 0.146 e. The number of para-hydroxylation sites is 1. The highest BCUT2D eigenvalue weighted by atomic mass is 19.1. The average Bonchev–Trinajstić information content (AvgIpc) is 2.75. The zero-order chi connectivity index (χ0) is 20.7. The van der Waals surface area contributed by atoms with E-state index in [2.05, 4.69) is 18.2 Å². The number of rotatable bonds is 8. The highest BCUT2D eigenvalue weighted by Gasteiger charge is 2.27. The second-order valence-electron chi connectivity index (χ2n) is 7.25. The molecule has 148 valence electrons. The summed E-state index contributed by atoms with van der Waals surface area (Å²) in [6.45, 7) is 2.06. The minimum absolute atomic E-state index is 0.263. The maximum atomic E-state index is 14.2. The van der Waals surface area contributed by atoms with Crippen molar-refractivity contribution in [2.75, 3.05) is 5.32 Å². The molecule has 0 heterocycles. The molecule has 0 amide bonds. The molecule has 0 bridgehead atoms. The van der Waals surface area contributed by atoms with Crippen molar-refractivity contribution < 1.29 is 8.78 Å². The average molecular weight is 389 g/mol. The minimum atomic E-state index is -0.418. The number of benzene rings is 3. The van der Waals surface area contributed by atoms with E-state index in [4.69, 9.17) is 6.42 Å². The maximum Gasteiger partial charge on any atom is 0.146 e. The van der Waals surface area contributed by atoms with Gasteiger partial charge in [-0.05, 0) is 73.2 Å². The lowest BCUT2D eigenvalue weighted by Gasteiger charge is -2.28. The van der Waals surface area contributed by atoms with Crippen LogP contribution >= 0.6 is 0 Å². The normalized spacial score (nSPS) is 12.8. The Labute approximate surface area is 171 Å². The van der Waals surface area contributed by atoms with E-state index in [9.17, 15) is 8.78 Å². The summed E-state index contributed by atoms with van der Waals surface area (Å²) >= 11 is 0. The molecule has 3 aromatic carbocycles. The first kappa shape index (κ1) is 20.6. The van der Waals surface area contributed by atoms with E-state index < -0.39 is 5.41 Å². The van der Waals surface area contributed by atoms with Gasteiger partial charge in [0.2, 0.25) is 0 Å². The van der Waals surface area contributed by atoms with Crippen LogP contribution in [0.15, 0.2) is 72.8 Å². The van der Waals surface area contributed by atoms with Gasteiger partial charge in [0.25, 0.3) is 0 Å². The standard InChI is InChI=1S/C26H25F2N/c1-3-26(4-2,21-13-15-22(27)16-14-21)18-8-9-20-12-17-24(28)25(19-20)29-23-10-6-5-7-11-23/h1,5-7,10-17,19,29H,4,8-9,18H2,2H3. The molecule has 0 saturated heterocycles. The lowest BCUT2D eigenvalue weighted by molar-refractivity contribution is 0.472. The number of hydrogen-bond donors (Lipinski definition) is 1. The topological polar surface area (TPSA) is 12.0 Å². The molecule has 3 heteroatoms. The maximum absolute atomic E-state index is 14.2. The molecule has 3 rings (SSSR count). The van der Waals surface area contributed by atoms with Crippen molar-refractivity contribution >= 4 is 11.4 Å². The van der Waals surface area contributed by atoms with Crippen LogP contribution < -0.4 is 5.32 Å². The molecule has 0 spiro atoms. The Hall–Kier alpha value is -3.12. The first-order valence-corrected chi connectivity index (χ1v) is 9.90. The summed E-state index contributed by atoms with van der Waals surface area (Å²) in [5.74, 6) is 2.40. The largest absolute Gasteiger partial charge is 0.353 e. The fourth-order valence-corrected chi connectivity index (χ4v) is 3.65. The highest BCUT2D eigenvalue weighted by molar-refractivity contribution is 5.60. The van der Waals surface area contributed by atoms with Crippen LogP contribution in [-0.2, 0) is 11.8 Å². The summed E-state index contributed by atoms with van der Waals surface area (Å²) in [6, 6.07) is 21.2. The van der Waals surface area contributed by atoms with Gasteiger partial charge in [-0.2, -0.15) is 0 Å². The van der Waals surface area contributed by atoms with Gasteiger partial charge >= 0.3 is 0 Å². The molecule has 0 saturated carbocycles. The first-order valence-electron chi connectivity index (χ1n) is 9.90. The van der Waals surface area contributed by atoms with Crippen molar-refractivity contribution in [3.05, 3.63) is 95.6 Å². The van der Waals surface area contributed by atoms with E-state index in [1.54, 1.807) is 12.1 Å². The summed E-state index contributed by atoms with van der Waals surface area (Å²) < 4.78 is 27.5. The van der Waals surface area contributed by atoms with Gasteiger partial charge in [0, 0.05) is 5.69 Å². The van der Waals surface area contributed by atoms with Crippen LogP contribution in [0.5, 0.6) is 0 Å². The number of halogens is 2. The van der Waals surface area contributed by atoms with E-state index in [0.717, 1.165) is 42.5 Å². The Kier molecular flexibility index (Phi) is 6.67. The van der Waals surface area contributed by atoms with Crippen molar-refractivity contribution in [1.29, 1.82) is 0 Å². The molecular weight excluding hydrogens is 364 g/mol. The van der Waals surface area contributed by atoms with Crippen LogP contribution in [0, 0.1) is 24.0 Å². The van der Waals surface area contributed by atoms with Gasteiger partial charge in [0.05, 0.1) is 11.1 Å². The third kappa shape index (κ3) is 5.03. The van der Waals surface area contributed by atoms with Crippen LogP contribution in [0.4, 0.5) is 20.2 Å². The Morgan fingerprint density at radius 3 is 2.34 bits per heavy atom. The Morgan fingerprint density at radius 1 is 0.966 bits per heavy atom. The molecule has 0 fully saturated rings. The third-order valence-electron chi connectivity index (χ3n) is 5.43. The van der Waals surface area contributed by atoms with E-state index in [1.807, 2.05) is 42.5 Å². The predicted molar refractivity (Wildman–Crippen MR) is 116 cm³/mol. The molecular formula is C26H25F2N. The second-order valence-corrected chi connectivity index (χ2v) is 7.25. The molecule has 0 aromatic heterocycles. The molecule has 0 radical (unpaired) electrons. The van der Waals surface area contributed by atoms with Gasteiger partial charge in [0.15, 0.2) is 0 Å². The lowest BCUT2D eigenvalue weighted by Crippen LogP contribution is -2.23. The van der Waals surface area contributed by atoms with Crippen LogP contribution in [0.3, 0.4) is 0 Å². The van der Waals surface area contributed by atoms with Gasteiger partial charge in [-0.15, -0.1) is 6.42 Å². The summed E-state index contributed by atoms with van der Waals surface area (Å²) in [7, 11) is 0. The molecule has 0 aliphatic rings. The van der Waals surface area contributed by atoms with E-state index >= 15 is 0 Å². The van der Waals surface area contributed by atoms with Gasteiger partial charge in [0.1, 0.15) is 11.6 Å². The predicted octanol–water partition coefficient (Wildman–Crippen LogP) is 7.01. The van der Waals surface area contributed by atoms with Crippen LogP contribution in [0.1, 0.15) is 37.3 Å². The van der Waals surface area contributed by atoms with Crippen LogP contribution in [-0.4, -0.2) is 0 Å². The van der Waals surface area contributed by atoms with Gasteiger partial charge < -0.3 is 5.32 Å². The molecule has 3 aromatic rings. The summed E-state index contributed by atoms with van der Waals surface area (Å²) in [5, 5.41) is 3.13. The molecule has 1 unspecified atom stereocenters. The first-order chi connectivity index (χ1) is 14.1. The molecule has 0 aliphatic carbocycles. The monoisotopic (exact) mass is 389 g/mol. The van der Waals surface area contributed by atoms with Crippen LogP contribution in [0.2, 0.25) is 0 Å². The van der Waals surface area contributed by atoms with Crippen molar-refractivity contribution in [3.8, 4) is 12.3 Å². The van der Waals surface area contributed by atoms with E-state index in [-0.39, 0.29) is 11.6 Å². The zero-order valence-corrected chi connectivity index (χ0v) is 16.6. The molecule has 1 nitrogen and oxygen atoms in total. The van der Waals surface area contributed by atoms with Crippen molar-refractivity contribution in [2.24, 2.45) is 0 Å². The van der Waals surface area contributed by atoms with Crippen molar-refractivity contribution in [3.63, 3.8) is 0 Å². The highest BCUT2D eigenvalue weighted by Crippen LogP contribution is 2.33. The SMILES string of the molecule is C#CC(CC)(CCCc1ccc(F)c(Nc2ccccc2)c1)c1ccc(F)cc1. The quantitative estimate of drug-likeness (QED) is 0.409. The molecule has 1 atom stereocenters. The van der Waals surface area contributed by atoms with E-state index in [1.165, 1.54) is 18.2 Å². The molecule has 29 heavy (non-hydrogen) atoms. The molecule has 0 aliphatic heterocycles. The number of nitrogens with one attached hydrogen (secondary N) is 1. The summed E-state index contributed by atoms with van der Waals surface area (Å²) in [6.07, 6.45) is 9.09. The Bertz CT molecular complexity index is 974. The van der Waals surface area contributed by atoms with Crippen LogP contribution in [0.25, 0.3) is 0 Å². The summed E-state index contributed by atoms with van der Waals surface area (Å²) in [5.41, 5.74) is 2.90. The second kappa shape index (κ2) is 9.39. The zero-order valence-electron chi connectivity index (χ0n) is 16.6. The summed E-state index contributed by atoms with van der Waals surface area (Å²) in [4.78, 5) is 0. The fourth-order valence-electron chi connectivity index (χ4n) is 3.65. The van der Waals surface area contributed by atoms with Gasteiger partial charge in [-0.3, -0.25) is 0 Å². The molecule has 1 N–H and O–H groups in total. The third-order valence-corrected chi connectivity index (χ3v) is 5.43. The van der Waals surface area contributed by atoms with Crippen molar-refractivity contribution in [1.82, 2.24) is 0 Å². The Balaban J connectivity index is 1.69. The van der Waals surface area contributed by atoms with E-state index in [0.29, 0.717) is 5.69 Å². The Morgan fingerprint density at radius 2 is 1.69 bits per heavy atom. The van der Waals surface area contributed by atoms with Gasteiger partial charge in [-0.25, -0.2) is 8.78 Å². The minimum Gasteiger partial charge on any atom is -0.353 e. The number of anilines is 2.